The van der Waals surface area contributed by atoms with Gasteiger partial charge in [0.15, 0.2) is 6.29 Å². The van der Waals surface area contributed by atoms with Gasteiger partial charge in [-0.15, -0.1) is 0 Å². The highest BCUT2D eigenvalue weighted by Gasteiger charge is 2.26. The smallest absolute Gasteiger partial charge is 0.151 e. The Balaban J connectivity index is 2.54. The largest absolute Gasteiger partial charge is 0.394 e. The molecule has 1 N–H and O–H groups in total. The van der Waals surface area contributed by atoms with E-state index in [0.29, 0.717) is 0 Å². The van der Waals surface area contributed by atoms with Crippen molar-refractivity contribution < 1.29 is 19.4 Å². The summed E-state index contributed by atoms with van der Waals surface area (Å²) >= 11 is 0. The number of allylic oxidation sites excluding steroid dienone is 1. The van der Waals surface area contributed by atoms with Crippen LogP contribution in [0.25, 0.3) is 0 Å². The summed E-state index contributed by atoms with van der Waals surface area (Å²) in [4.78, 5) is 11.6. The van der Waals surface area contributed by atoms with Gasteiger partial charge in [0, 0.05) is 0 Å². The minimum atomic E-state index is -0.694. The molecular formula is C21H38O4. The van der Waals surface area contributed by atoms with Crippen LogP contribution in [0, 0.1) is 0 Å². The first-order valence-electron chi connectivity index (χ1n) is 10.2. The van der Waals surface area contributed by atoms with Crippen molar-refractivity contribution in [3.8, 4) is 0 Å². The van der Waals surface area contributed by atoms with E-state index in [1.165, 1.54) is 32.1 Å². The lowest BCUT2D eigenvalue weighted by atomic mass is 9.99. The fourth-order valence-electron chi connectivity index (χ4n) is 3.34. The zero-order chi connectivity index (χ0) is 18.3. The van der Waals surface area contributed by atoms with E-state index in [1.807, 2.05) is 13.0 Å². The third kappa shape index (κ3) is 10.1. The van der Waals surface area contributed by atoms with Crippen molar-refractivity contribution in [2.24, 2.45) is 0 Å². The van der Waals surface area contributed by atoms with Crippen molar-refractivity contribution in [1.29, 1.82) is 0 Å². The first-order chi connectivity index (χ1) is 12.2. The predicted octanol–water partition coefficient (Wildman–Crippen LogP) is 4.59. The molecule has 3 unspecified atom stereocenters. The first-order valence-corrected chi connectivity index (χ1v) is 10.2. The van der Waals surface area contributed by atoms with Gasteiger partial charge >= 0.3 is 0 Å². The van der Waals surface area contributed by atoms with Gasteiger partial charge in [-0.25, -0.2) is 0 Å². The molecule has 0 heterocycles. The SMILES string of the molecule is CCCC=CC(C)OC(CO)C(C=O)OC1CCCCCCCCC1. The molecule has 1 aliphatic carbocycles. The molecule has 0 radical (unpaired) electrons. The standard InChI is InChI=1S/C21H38O4/c1-3-4-10-13-18(2)24-20(16-22)21(17-23)25-19-14-11-8-6-5-7-9-12-15-19/h10,13,17-22H,3-9,11-12,14-16H2,1-2H3. The molecule has 1 rings (SSSR count). The fourth-order valence-corrected chi connectivity index (χ4v) is 3.34. The Morgan fingerprint density at radius 1 is 1.08 bits per heavy atom. The molecule has 25 heavy (non-hydrogen) atoms. The van der Waals surface area contributed by atoms with E-state index in [2.05, 4.69) is 13.0 Å². The van der Waals surface area contributed by atoms with Crippen molar-refractivity contribution in [2.75, 3.05) is 6.61 Å². The number of aldehydes is 1. The lowest BCUT2D eigenvalue weighted by Crippen LogP contribution is -2.40. The summed E-state index contributed by atoms with van der Waals surface area (Å²) in [6.45, 7) is 3.85. The highest BCUT2D eigenvalue weighted by molar-refractivity contribution is 5.57. The van der Waals surface area contributed by atoms with Gasteiger partial charge in [-0.05, 0) is 26.2 Å². The third-order valence-corrected chi connectivity index (χ3v) is 4.83. The predicted molar refractivity (Wildman–Crippen MR) is 102 cm³/mol. The molecule has 0 aromatic carbocycles. The summed E-state index contributed by atoms with van der Waals surface area (Å²) in [5, 5.41) is 9.67. The monoisotopic (exact) mass is 354 g/mol. The second kappa shape index (κ2) is 14.5. The summed E-state index contributed by atoms with van der Waals surface area (Å²) in [6, 6.07) is 0. The quantitative estimate of drug-likeness (QED) is 0.461. The second-order valence-electron chi connectivity index (χ2n) is 7.19. The Bertz CT molecular complexity index is 346. The molecule has 0 bridgehead atoms. The Morgan fingerprint density at radius 3 is 2.20 bits per heavy atom. The molecule has 0 aromatic heterocycles. The van der Waals surface area contributed by atoms with Crippen LogP contribution in [-0.4, -0.2) is 42.4 Å². The van der Waals surface area contributed by atoms with Gasteiger partial charge in [-0.3, -0.25) is 0 Å². The van der Waals surface area contributed by atoms with Crippen LogP contribution in [0.5, 0.6) is 0 Å². The van der Waals surface area contributed by atoms with Gasteiger partial charge in [0.2, 0.25) is 0 Å². The average molecular weight is 355 g/mol. The van der Waals surface area contributed by atoms with Gasteiger partial charge in [0.1, 0.15) is 12.2 Å². The maximum Gasteiger partial charge on any atom is 0.151 e. The number of aliphatic hydroxyl groups is 1. The van der Waals surface area contributed by atoms with Crippen molar-refractivity contribution in [1.82, 2.24) is 0 Å². The molecule has 4 heteroatoms. The number of aliphatic hydroxyl groups excluding tert-OH is 1. The van der Waals surface area contributed by atoms with Crippen molar-refractivity contribution in [2.45, 2.75) is 109 Å². The normalized spacial score (nSPS) is 21.7. The summed E-state index contributed by atoms with van der Waals surface area (Å²) in [6.07, 6.45) is 16.3. The second-order valence-corrected chi connectivity index (χ2v) is 7.19. The average Bonchev–Trinajstić information content (AvgIpc) is 2.63. The lowest BCUT2D eigenvalue weighted by Gasteiger charge is -2.28. The van der Waals surface area contributed by atoms with E-state index >= 15 is 0 Å². The van der Waals surface area contributed by atoms with Crippen molar-refractivity contribution in [3.63, 3.8) is 0 Å². The van der Waals surface area contributed by atoms with Crippen LogP contribution < -0.4 is 0 Å². The summed E-state index contributed by atoms with van der Waals surface area (Å²) in [5.74, 6) is 0. The van der Waals surface area contributed by atoms with Crippen LogP contribution in [-0.2, 0) is 14.3 Å². The zero-order valence-electron chi connectivity index (χ0n) is 16.2. The Hall–Kier alpha value is -0.710. The minimum Gasteiger partial charge on any atom is -0.394 e. The summed E-state index contributed by atoms with van der Waals surface area (Å²) in [7, 11) is 0. The highest BCUT2D eigenvalue weighted by Crippen LogP contribution is 2.21. The number of hydrogen-bond acceptors (Lipinski definition) is 4. The number of carbonyl (C=O) groups excluding carboxylic acids is 1. The van der Waals surface area contributed by atoms with Crippen molar-refractivity contribution >= 4 is 6.29 Å². The molecule has 0 aliphatic heterocycles. The maximum absolute atomic E-state index is 11.6. The van der Waals surface area contributed by atoms with Gasteiger partial charge < -0.3 is 19.4 Å². The van der Waals surface area contributed by atoms with Crippen LogP contribution in [0.2, 0.25) is 0 Å². The number of unbranched alkanes of at least 4 members (excludes halogenated alkanes) is 1. The van der Waals surface area contributed by atoms with Crippen LogP contribution in [0.1, 0.15) is 84.5 Å². The summed E-state index contributed by atoms with van der Waals surface area (Å²) < 4.78 is 11.9. The number of carbonyl (C=O) groups is 1. The van der Waals surface area contributed by atoms with Crippen LogP contribution in [0.15, 0.2) is 12.2 Å². The lowest BCUT2D eigenvalue weighted by molar-refractivity contribution is -0.148. The molecule has 146 valence electrons. The summed E-state index contributed by atoms with van der Waals surface area (Å²) in [5.41, 5.74) is 0. The Morgan fingerprint density at radius 2 is 1.68 bits per heavy atom. The molecule has 3 atom stereocenters. The van der Waals surface area contributed by atoms with E-state index in [0.717, 1.165) is 44.8 Å². The number of ether oxygens (including phenoxy) is 2. The maximum atomic E-state index is 11.6. The number of hydrogen-bond donors (Lipinski definition) is 1. The van der Waals surface area contributed by atoms with Gasteiger partial charge in [-0.2, -0.15) is 0 Å². The molecule has 0 aromatic rings. The Kier molecular flexibility index (Phi) is 12.9. The van der Waals surface area contributed by atoms with Crippen molar-refractivity contribution in [3.05, 3.63) is 12.2 Å². The fraction of sp³-hybridized carbons (Fsp3) is 0.857. The van der Waals surface area contributed by atoms with E-state index in [-0.39, 0.29) is 18.8 Å². The van der Waals surface area contributed by atoms with Gasteiger partial charge in [0.05, 0.1) is 18.8 Å². The van der Waals surface area contributed by atoms with Gasteiger partial charge in [0.25, 0.3) is 0 Å². The molecular weight excluding hydrogens is 316 g/mol. The van der Waals surface area contributed by atoms with E-state index in [9.17, 15) is 9.90 Å². The zero-order valence-corrected chi connectivity index (χ0v) is 16.2. The van der Waals surface area contributed by atoms with E-state index in [1.54, 1.807) is 0 Å². The third-order valence-electron chi connectivity index (χ3n) is 4.83. The number of rotatable bonds is 10. The molecule has 4 nitrogen and oxygen atoms in total. The van der Waals surface area contributed by atoms with Crippen LogP contribution in [0.4, 0.5) is 0 Å². The molecule has 0 saturated heterocycles. The van der Waals surface area contributed by atoms with Crippen LogP contribution >= 0.6 is 0 Å². The topological polar surface area (TPSA) is 55.8 Å². The molecule has 1 fully saturated rings. The van der Waals surface area contributed by atoms with E-state index in [4.69, 9.17) is 9.47 Å². The first kappa shape index (κ1) is 22.3. The molecule has 1 saturated carbocycles. The van der Waals surface area contributed by atoms with Crippen LogP contribution in [0.3, 0.4) is 0 Å². The molecule has 0 spiro atoms. The molecule has 1 aliphatic rings. The van der Waals surface area contributed by atoms with E-state index < -0.39 is 12.2 Å². The minimum absolute atomic E-state index is 0.0943. The Labute approximate surface area is 154 Å². The van der Waals surface area contributed by atoms with Gasteiger partial charge in [-0.1, -0.05) is 70.4 Å². The highest BCUT2D eigenvalue weighted by atomic mass is 16.6. The molecule has 0 amide bonds.